The Morgan fingerprint density at radius 2 is 1.82 bits per heavy atom. The van der Waals surface area contributed by atoms with Crippen LogP contribution >= 0.6 is 0 Å². The van der Waals surface area contributed by atoms with Gasteiger partial charge in [0.1, 0.15) is 11.8 Å². The van der Waals surface area contributed by atoms with Crippen molar-refractivity contribution in [3.8, 4) is 28.3 Å². The molecule has 0 aliphatic rings. The number of para-hydroxylation sites is 1. The van der Waals surface area contributed by atoms with E-state index < -0.39 is 12.7 Å². The van der Waals surface area contributed by atoms with E-state index in [-0.39, 0.29) is 11.7 Å². The molecule has 0 saturated carbocycles. The van der Waals surface area contributed by atoms with E-state index in [1.807, 2.05) is 37.3 Å². The Kier molecular flexibility index (Phi) is 6.03. The summed E-state index contributed by atoms with van der Waals surface area (Å²) < 4.78 is 32.4. The van der Waals surface area contributed by atoms with Gasteiger partial charge >= 0.3 is 6.61 Å². The standard InChI is InChI=1S/C21H21F2N3O2/c1-3-16(20(27)24-2)26-13-25-18(14-9-5-4-6-10-14)19(26)15-11-7-8-12-17(15)28-21(22)23/h4-13,16,21H,3H2,1-2H3,(H,24,27)/t16-/m0/s1. The van der Waals surface area contributed by atoms with Crippen molar-refractivity contribution in [3.05, 3.63) is 60.9 Å². The molecule has 0 spiro atoms. The van der Waals surface area contributed by atoms with Crippen LogP contribution in [0.25, 0.3) is 22.5 Å². The number of amides is 1. The highest BCUT2D eigenvalue weighted by atomic mass is 19.3. The van der Waals surface area contributed by atoms with Gasteiger partial charge in [-0.05, 0) is 18.6 Å². The molecule has 0 fully saturated rings. The minimum Gasteiger partial charge on any atom is -0.434 e. The molecule has 3 rings (SSSR count). The van der Waals surface area contributed by atoms with Crippen molar-refractivity contribution in [1.82, 2.24) is 14.9 Å². The molecule has 3 aromatic rings. The van der Waals surface area contributed by atoms with Crippen LogP contribution in [0.3, 0.4) is 0 Å². The zero-order chi connectivity index (χ0) is 20.1. The zero-order valence-corrected chi connectivity index (χ0v) is 15.6. The molecule has 1 amide bonds. The smallest absolute Gasteiger partial charge is 0.387 e. The minimum atomic E-state index is -2.96. The third-order valence-corrected chi connectivity index (χ3v) is 4.47. The Labute approximate surface area is 162 Å². The second kappa shape index (κ2) is 8.65. The van der Waals surface area contributed by atoms with Crippen molar-refractivity contribution in [2.45, 2.75) is 26.0 Å². The molecule has 0 unspecified atom stereocenters. The van der Waals surface area contributed by atoms with Gasteiger partial charge in [-0.25, -0.2) is 4.98 Å². The summed E-state index contributed by atoms with van der Waals surface area (Å²) in [5.41, 5.74) is 2.41. The number of aromatic nitrogens is 2. The first-order chi connectivity index (χ1) is 13.6. The van der Waals surface area contributed by atoms with E-state index in [0.29, 0.717) is 23.4 Å². The molecule has 5 nitrogen and oxygen atoms in total. The van der Waals surface area contributed by atoms with Gasteiger partial charge in [0, 0.05) is 18.2 Å². The van der Waals surface area contributed by atoms with Gasteiger partial charge in [-0.1, -0.05) is 49.4 Å². The number of benzene rings is 2. The minimum absolute atomic E-state index is 0.0307. The summed E-state index contributed by atoms with van der Waals surface area (Å²) in [6.07, 6.45) is 2.08. The molecule has 1 atom stereocenters. The fourth-order valence-electron chi connectivity index (χ4n) is 3.21. The molecule has 146 valence electrons. The Bertz CT molecular complexity index is 942. The van der Waals surface area contributed by atoms with Crippen LogP contribution in [0.15, 0.2) is 60.9 Å². The molecule has 1 N–H and O–H groups in total. The number of nitrogens with one attached hydrogen (secondary N) is 1. The summed E-state index contributed by atoms with van der Waals surface area (Å²) in [5, 5.41) is 2.65. The lowest BCUT2D eigenvalue weighted by Gasteiger charge is -2.20. The molecule has 1 heterocycles. The highest BCUT2D eigenvalue weighted by molar-refractivity contribution is 5.85. The van der Waals surface area contributed by atoms with Gasteiger partial charge in [0.05, 0.1) is 17.7 Å². The third kappa shape index (κ3) is 3.88. The number of alkyl halides is 2. The Morgan fingerprint density at radius 1 is 1.14 bits per heavy atom. The second-order valence-corrected chi connectivity index (χ2v) is 6.13. The van der Waals surface area contributed by atoms with Gasteiger partial charge in [-0.15, -0.1) is 0 Å². The number of imidazole rings is 1. The number of carbonyl (C=O) groups is 1. The van der Waals surface area contributed by atoms with E-state index in [1.165, 1.54) is 6.07 Å². The van der Waals surface area contributed by atoms with Crippen LogP contribution in [-0.2, 0) is 4.79 Å². The van der Waals surface area contributed by atoms with Gasteiger partial charge in [0.25, 0.3) is 0 Å². The molecule has 2 aromatic carbocycles. The van der Waals surface area contributed by atoms with E-state index in [2.05, 4.69) is 10.3 Å². The van der Waals surface area contributed by atoms with Gasteiger partial charge in [0.15, 0.2) is 0 Å². The number of nitrogens with zero attached hydrogens (tertiary/aromatic N) is 2. The van der Waals surface area contributed by atoms with Crippen LogP contribution in [0.1, 0.15) is 19.4 Å². The van der Waals surface area contributed by atoms with E-state index in [9.17, 15) is 13.6 Å². The highest BCUT2D eigenvalue weighted by Gasteiger charge is 2.26. The quantitative estimate of drug-likeness (QED) is 0.651. The Morgan fingerprint density at radius 3 is 2.46 bits per heavy atom. The van der Waals surface area contributed by atoms with Crippen molar-refractivity contribution in [2.75, 3.05) is 7.05 Å². The van der Waals surface area contributed by atoms with Crippen LogP contribution in [-0.4, -0.2) is 29.1 Å². The number of carbonyl (C=O) groups excluding carboxylic acids is 1. The van der Waals surface area contributed by atoms with Crippen molar-refractivity contribution in [2.24, 2.45) is 0 Å². The molecular formula is C21H21F2N3O2. The lowest BCUT2D eigenvalue weighted by molar-refractivity contribution is -0.123. The van der Waals surface area contributed by atoms with Crippen molar-refractivity contribution in [1.29, 1.82) is 0 Å². The van der Waals surface area contributed by atoms with Crippen molar-refractivity contribution >= 4 is 5.91 Å². The maximum absolute atomic E-state index is 13.0. The van der Waals surface area contributed by atoms with Crippen molar-refractivity contribution in [3.63, 3.8) is 0 Å². The number of hydrogen-bond donors (Lipinski definition) is 1. The van der Waals surface area contributed by atoms with E-state index in [1.54, 1.807) is 36.1 Å². The maximum atomic E-state index is 13.0. The first-order valence-corrected chi connectivity index (χ1v) is 8.94. The fraction of sp³-hybridized carbons (Fsp3) is 0.238. The largest absolute Gasteiger partial charge is 0.434 e. The highest BCUT2D eigenvalue weighted by Crippen LogP contribution is 2.39. The van der Waals surface area contributed by atoms with E-state index in [0.717, 1.165) is 5.56 Å². The zero-order valence-electron chi connectivity index (χ0n) is 15.6. The predicted molar refractivity (Wildman–Crippen MR) is 103 cm³/mol. The fourth-order valence-corrected chi connectivity index (χ4v) is 3.21. The van der Waals surface area contributed by atoms with Crippen LogP contribution in [0.4, 0.5) is 8.78 Å². The molecule has 7 heteroatoms. The van der Waals surface area contributed by atoms with E-state index >= 15 is 0 Å². The normalized spacial score (nSPS) is 12.0. The second-order valence-electron chi connectivity index (χ2n) is 6.13. The number of likely N-dealkylation sites (N-methyl/N-ethyl adjacent to an activating group) is 1. The first kappa shape index (κ1) is 19.5. The average Bonchev–Trinajstić information content (AvgIpc) is 3.13. The summed E-state index contributed by atoms with van der Waals surface area (Å²) in [6.45, 7) is -1.08. The average molecular weight is 385 g/mol. The molecule has 0 aliphatic carbocycles. The lowest BCUT2D eigenvalue weighted by atomic mass is 10.0. The monoisotopic (exact) mass is 385 g/mol. The lowest BCUT2D eigenvalue weighted by Crippen LogP contribution is -2.29. The summed E-state index contributed by atoms with van der Waals surface area (Å²) in [7, 11) is 1.56. The SMILES string of the molecule is CC[C@@H](C(=O)NC)n1cnc(-c2ccccc2)c1-c1ccccc1OC(F)F. The first-order valence-electron chi connectivity index (χ1n) is 8.94. The van der Waals surface area contributed by atoms with E-state index in [4.69, 9.17) is 4.74 Å². The van der Waals surface area contributed by atoms with Crippen molar-refractivity contribution < 1.29 is 18.3 Å². The van der Waals surface area contributed by atoms with Crippen LogP contribution in [0.5, 0.6) is 5.75 Å². The summed E-state index contributed by atoms with van der Waals surface area (Å²) >= 11 is 0. The molecule has 0 saturated heterocycles. The molecular weight excluding hydrogens is 364 g/mol. The summed E-state index contributed by atoms with van der Waals surface area (Å²) in [5.74, 6) is -0.156. The number of rotatable bonds is 7. The molecule has 0 radical (unpaired) electrons. The van der Waals surface area contributed by atoms with Crippen LogP contribution in [0, 0.1) is 0 Å². The van der Waals surface area contributed by atoms with Gasteiger partial charge in [0.2, 0.25) is 5.91 Å². The maximum Gasteiger partial charge on any atom is 0.387 e. The number of halogens is 2. The van der Waals surface area contributed by atoms with Gasteiger partial charge in [-0.3, -0.25) is 4.79 Å². The van der Waals surface area contributed by atoms with Crippen LogP contribution < -0.4 is 10.1 Å². The van der Waals surface area contributed by atoms with Crippen LogP contribution in [0.2, 0.25) is 0 Å². The predicted octanol–water partition coefficient (Wildman–Crippen LogP) is 4.52. The summed E-state index contributed by atoms with van der Waals surface area (Å²) in [6, 6.07) is 15.4. The van der Waals surface area contributed by atoms with Gasteiger partial charge < -0.3 is 14.6 Å². The molecule has 0 aliphatic heterocycles. The molecule has 0 bridgehead atoms. The summed E-state index contributed by atoms with van der Waals surface area (Å²) in [4.78, 5) is 16.9. The molecule has 1 aromatic heterocycles. The third-order valence-electron chi connectivity index (χ3n) is 4.47. The Hall–Kier alpha value is -3.22. The number of ether oxygens (including phenoxy) is 1. The molecule has 28 heavy (non-hydrogen) atoms. The Balaban J connectivity index is 2.26. The van der Waals surface area contributed by atoms with Gasteiger partial charge in [-0.2, -0.15) is 8.78 Å². The number of hydrogen-bond acceptors (Lipinski definition) is 3. The topological polar surface area (TPSA) is 56.2 Å².